The van der Waals surface area contributed by atoms with Crippen LogP contribution in [0.1, 0.15) is 47.1 Å². The van der Waals surface area contributed by atoms with Crippen LogP contribution < -0.4 is 10.1 Å². The fourth-order valence-corrected chi connectivity index (χ4v) is 2.22. The molecule has 0 fully saturated rings. The van der Waals surface area contributed by atoms with E-state index in [2.05, 4.69) is 41.2 Å². The van der Waals surface area contributed by atoms with E-state index in [1.54, 1.807) is 0 Å². The summed E-state index contributed by atoms with van der Waals surface area (Å²) >= 11 is 3.72. The Balaban J connectivity index is 2.97. The van der Waals surface area contributed by atoms with Gasteiger partial charge in [0.05, 0.1) is 12.3 Å². The standard InChI is InChI=1S/C18H28BrNO2/c1-7-22-16-11-13(10-14(19)12(2)3)8-9-15(16)20-17(21)18(4,5)6/h8-9,11-12,14H,7,10H2,1-6H3,(H,20,21). The Hall–Kier alpha value is -1.03. The lowest BCUT2D eigenvalue weighted by atomic mass is 9.95. The summed E-state index contributed by atoms with van der Waals surface area (Å²) < 4.78 is 5.70. The summed E-state index contributed by atoms with van der Waals surface area (Å²) in [6.07, 6.45) is 0.936. The molecule has 0 bridgehead atoms. The van der Waals surface area contributed by atoms with Gasteiger partial charge in [-0.2, -0.15) is 0 Å². The Bertz CT molecular complexity index is 506. The summed E-state index contributed by atoms with van der Waals surface area (Å²) in [6, 6.07) is 6.01. The van der Waals surface area contributed by atoms with Gasteiger partial charge in [-0.1, -0.05) is 56.6 Å². The minimum absolute atomic E-state index is 0.0123. The molecule has 1 N–H and O–H groups in total. The third kappa shape index (κ3) is 5.64. The van der Waals surface area contributed by atoms with Gasteiger partial charge in [0.1, 0.15) is 5.75 Å². The van der Waals surface area contributed by atoms with Crippen molar-refractivity contribution in [1.29, 1.82) is 0 Å². The van der Waals surface area contributed by atoms with Crippen molar-refractivity contribution in [1.82, 2.24) is 0 Å². The molecule has 1 rings (SSSR count). The summed E-state index contributed by atoms with van der Waals surface area (Å²) in [7, 11) is 0. The number of anilines is 1. The number of carbonyl (C=O) groups is 1. The zero-order valence-electron chi connectivity index (χ0n) is 14.5. The van der Waals surface area contributed by atoms with Gasteiger partial charge in [0, 0.05) is 10.2 Å². The maximum absolute atomic E-state index is 12.2. The number of rotatable bonds is 6. The molecule has 1 atom stereocenters. The molecule has 0 saturated heterocycles. The highest BCUT2D eigenvalue weighted by atomic mass is 79.9. The number of benzene rings is 1. The average Bonchev–Trinajstić information content (AvgIpc) is 2.40. The minimum atomic E-state index is -0.430. The number of amides is 1. The molecule has 0 heterocycles. The molecular weight excluding hydrogens is 342 g/mol. The molecule has 0 spiro atoms. The van der Waals surface area contributed by atoms with Crippen LogP contribution in [-0.4, -0.2) is 17.3 Å². The van der Waals surface area contributed by atoms with Crippen molar-refractivity contribution >= 4 is 27.5 Å². The fraction of sp³-hybridized carbons (Fsp3) is 0.611. The van der Waals surface area contributed by atoms with E-state index in [1.165, 1.54) is 5.56 Å². The fourth-order valence-electron chi connectivity index (χ4n) is 1.84. The quantitative estimate of drug-likeness (QED) is 0.713. The lowest BCUT2D eigenvalue weighted by molar-refractivity contribution is -0.123. The molecule has 1 aromatic rings. The van der Waals surface area contributed by atoms with Gasteiger partial charge in [-0.25, -0.2) is 0 Å². The maximum atomic E-state index is 12.2. The zero-order valence-corrected chi connectivity index (χ0v) is 16.1. The highest BCUT2D eigenvalue weighted by Gasteiger charge is 2.22. The van der Waals surface area contributed by atoms with Crippen LogP contribution in [0.3, 0.4) is 0 Å². The third-order valence-electron chi connectivity index (χ3n) is 3.43. The van der Waals surface area contributed by atoms with Crippen LogP contribution in [0.4, 0.5) is 5.69 Å². The molecule has 0 radical (unpaired) electrons. The molecule has 124 valence electrons. The highest BCUT2D eigenvalue weighted by molar-refractivity contribution is 9.09. The van der Waals surface area contributed by atoms with Crippen LogP contribution in [0.15, 0.2) is 18.2 Å². The van der Waals surface area contributed by atoms with E-state index in [1.807, 2.05) is 39.8 Å². The highest BCUT2D eigenvalue weighted by Crippen LogP contribution is 2.29. The predicted octanol–water partition coefficient (Wildman–Crippen LogP) is 5.03. The smallest absolute Gasteiger partial charge is 0.229 e. The summed E-state index contributed by atoms with van der Waals surface area (Å²) in [5, 5.41) is 2.96. The van der Waals surface area contributed by atoms with Crippen LogP contribution >= 0.6 is 15.9 Å². The molecule has 0 saturated carbocycles. The molecule has 3 nitrogen and oxygen atoms in total. The molecule has 0 aliphatic carbocycles. The van der Waals surface area contributed by atoms with E-state index in [0.29, 0.717) is 17.4 Å². The first-order chi connectivity index (χ1) is 10.1. The summed E-state index contributed by atoms with van der Waals surface area (Å²) in [5.41, 5.74) is 1.51. The number of ether oxygens (including phenoxy) is 1. The van der Waals surface area contributed by atoms with Crippen molar-refractivity contribution < 1.29 is 9.53 Å². The topological polar surface area (TPSA) is 38.3 Å². The number of halogens is 1. The lowest BCUT2D eigenvalue weighted by Crippen LogP contribution is -2.27. The number of hydrogen-bond donors (Lipinski definition) is 1. The van der Waals surface area contributed by atoms with E-state index in [-0.39, 0.29) is 5.91 Å². The van der Waals surface area contributed by atoms with Crippen molar-refractivity contribution in [3.05, 3.63) is 23.8 Å². The first-order valence-electron chi connectivity index (χ1n) is 7.86. The molecule has 4 heteroatoms. The zero-order chi connectivity index (χ0) is 16.9. The van der Waals surface area contributed by atoms with Crippen LogP contribution in [0.25, 0.3) is 0 Å². The summed E-state index contributed by atoms with van der Waals surface area (Å²) in [4.78, 5) is 12.6. The molecule has 1 unspecified atom stereocenters. The SMILES string of the molecule is CCOc1cc(CC(Br)C(C)C)ccc1NC(=O)C(C)(C)C. The van der Waals surface area contributed by atoms with Crippen LogP contribution in [0.2, 0.25) is 0 Å². The second-order valence-corrected chi connectivity index (χ2v) is 8.11. The monoisotopic (exact) mass is 369 g/mol. The van der Waals surface area contributed by atoms with Gasteiger partial charge in [-0.05, 0) is 37.0 Å². The van der Waals surface area contributed by atoms with Crippen molar-refractivity contribution in [3.8, 4) is 5.75 Å². The van der Waals surface area contributed by atoms with Crippen LogP contribution in [-0.2, 0) is 11.2 Å². The number of alkyl halides is 1. The molecule has 1 aromatic carbocycles. The molecule has 1 amide bonds. The van der Waals surface area contributed by atoms with Crippen molar-refractivity contribution in [2.45, 2.75) is 52.8 Å². The van der Waals surface area contributed by atoms with Gasteiger partial charge in [0.2, 0.25) is 5.91 Å². The predicted molar refractivity (Wildman–Crippen MR) is 97.0 cm³/mol. The van der Waals surface area contributed by atoms with E-state index < -0.39 is 5.41 Å². The Morgan fingerprint density at radius 3 is 2.45 bits per heavy atom. The maximum Gasteiger partial charge on any atom is 0.229 e. The number of nitrogens with one attached hydrogen (secondary N) is 1. The third-order valence-corrected chi connectivity index (χ3v) is 4.81. The summed E-state index contributed by atoms with van der Waals surface area (Å²) in [6.45, 7) is 12.6. The molecule has 22 heavy (non-hydrogen) atoms. The van der Waals surface area contributed by atoms with Gasteiger partial charge in [0.15, 0.2) is 0 Å². The van der Waals surface area contributed by atoms with E-state index >= 15 is 0 Å². The number of hydrogen-bond acceptors (Lipinski definition) is 2. The Morgan fingerprint density at radius 1 is 1.32 bits per heavy atom. The Kier molecular flexibility index (Phi) is 6.92. The minimum Gasteiger partial charge on any atom is -0.492 e. The lowest BCUT2D eigenvalue weighted by Gasteiger charge is -2.20. The van der Waals surface area contributed by atoms with Crippen LogP contribution in [0.5, 0.6) is 5.75 Å². The Labute approximate surface area is 143 Å². The molecule has 0 aliphatic heterocycles. The summed E-state index contributed by atoms with van der Waals surface area (Å²) in [5.74, 6) is 1.29. The van der Waals surface area contributed by atoms with Crippen molar-refractivity contribution in [2.75, 3.05) is 11.9 Å². The first-order valence-corrected chi connectivity index (χ1v) is 8.78. The van der Waals surface area contributed by atoms with Crippen molar-refractivity contribution in [3.63, 3.8) is 0 Å². The second-order valence-electron chi connectivity index (χ2n) is 6.93. The largest absolute Gasteiger partial charge is 0.492 e. The van der Waals surface area contributed by atoms with Gasteiger partial charge in [-0.3, -0.25) is 4.79 Å². The average molecular weight is 370 g/mol. The molecular formula is C18H28BrNO2. The van der Waals surface area contributed by atoms with Crippen molar-refractivity contribution in [2.24, 2.45) is 11.3 Å². The van der Waals surface area contributed by atoms with Gasteiger partial charge < -0.3 is 10.1 Å². The van der Waals surface area contributed by atoms with E-state index in [0.717, 1.165) is 17.9 Å². The van der Waals surface area contributed by atoms with E-state index in [4.69, 9.17) is 4.74 Å². The molecule has 0 aromatic heterocycles. The van der Waals surface area contributed by atoms with Gasteiger partial charge in [0.25, 0.3) is 0 Å². The van der Waals surface area contributed by atoms with E-state index in [9.17, 15) is 4.79 Å². The van der Waals surface area contributed by atoms with Crippen LogP contribution in [0, 0.1) is 11.3 Å². The molecule has 0 aliphatic rings. The van der Waals surface area contributed by atoms with Gasteiger partial charge >= 0.3 is 0 Å². The Morgan fingerprint density at radius 2 is 1.95 bits per heavy atom. The first kappa shape index (κ1) is 19.0. The number of carbonyl (C=O) groups excluding carboxylic acids is 1. The normalized spacial score (nSPS) is 13.1. The second kappa shape index (κ2) is 8.00. The van der Waals surface area contributed by atoms with Gasteiger partial charge in [-0.15, -0.1) is 0 Å².